The van der Waals surface area contributed by atoms with E-state index in [0.29, 0.717) is 13.2 Å². The second-order valence-corrected chi connectivity index (χ2v) is 5.06. The van der Waals surface area contributed by atoms with Crippen LogP contribution >= 0.6 is 0 Å². The number of ether oxygens (including phenoxy) is 1. The van der Waals surface area contributed by atoms with Crippen LogP contribution < -0.4 is 0 Å². The van der Waals surface area contributed by atoms with Gasteiger partial charge in [-0.25, -0.2) is 0 Å². The molecule has 1 atom stereocenters. The lowest BCUT2D eigenvalue weighted by Gasteiger charge is -2.15. The van der Waals surface area contributed by atoms with Crippen molar-refractivity contribution in [3.63, 3.8) is 0 Å². The van der Waals surface area contributed by atoms with Gasteiger partial charge in [-0.2, -0.15) is 0 Å². The molecule has 0 radical (unpaired) electrons. The minimum Gasteiger partial charge on any atom is -0.397 e. The van der Waals surface area contributed by atoms with Gasteiger partial charge in [0, 0.05) is 13.7 Å². The number of methoxy groups -OCH3 is 1. The molecule has 0 aromatic carbocycles. The van der Waals surface area contributed by atoms with Gasteiger partial charge in [-0.05, 0) is 12.5 Å². The minimum absolute atomic E-state index is 0.669. The van der Waals surface area contributed by atoms with Gasteiger partial charge in [0.1, 0.15) is 0 Å². The normalized spacial score (nSPS) is 13.2. The Morgan fingerprint density at radius 2 is 1.62 bits per heavy atom. The molecule has 80 valence electrons. The lowest BCUT2D eigenvalue weighted by atomic mass is 10.5. The first kappa shape index (κ1) is 13.1. The highest BCUT2D eigenvalue weighted by molar-refractivity contribution is 6.44. The van der Waals surface area contributed by atoms with Gasteiger partial charge in [-0.3, -0.25) is 0 Å². The number of rotatable bonds is 9. The molecule has 13 heavy (non-hydrogen) atoms. The zero-order chi connectivity index (χ0) is 9.94. The van der Waals surface area contributed by atoms with Gasteiger partial charge in [0.05, 0.1) is 13.2 Å². The van der Waals surface area contributed by atoms with Gasteiger partial charge in [0.15, 0.2) is 0 Å². The van der Waals surface area contributed by atoms with Crippen molar-refractivity contribution in [2.24, 2.45) is 0 Å². The Labute approximate surface area is 83.2 Å². The molecule has 0 saturated heterocycles. The van der Waals surface area contributed by atoms with Gasteiger partial charge in [0.2, 0.25) is 0 Å². The van der Waals surface area contributed by atoms with Crippen molar-refractivity contribution in [1.82, 2.24) is 0 Å². The SMILES string of the molecule is CCCO[SiH](CCC)OCCOC. The molecule has 0 rings (SSSR count). The highest BCUT2D eigenvalue weighted by Gasteiger charge is 2.10. The number of hydrogen-bond acceptors (Lipinski definition) is 3. The molecular weight excluding hydrogens is 184 g/mol. The predicted molar refractivity (Wildman–Crippen MR) is 56.3 cm³/mol. The monoisotopic (exact) mass is 206 g/mol. The molecule has 0 aliphatic heterocycles. The van der Waals surface area contributed by atoms with E-state index < -0.39 is 9.28 Å². The third-order valence-corrected chi connectivity index (χ3v) is 3.89. The summed E-state index contributed by atoms with van der Waals surface area (Å²) in [5, 5.41) is 0. The molecular formula is C9H22O3Si. The van der Waals surface area contributed by atoms with Gasteiger partial charge >= 0.3 is 9.28 Å². The van der Waals surface area contributed by atoms with Crippen LogP contribution in [0.2, 0.25) is 6.04 Å². The molecule has 0 fully saturated rings. The van der Waals surface area contributed by atoms with E-state index >= 15 is 0 Å². The van der Waals surface area contributed by atoms with Crippen LogP contribution in [0.5, 0.6) is 0 Å². The lowest BCUT2D eigenvalue weighted by molar-refractivity contribution is 0.121. The molecule has 0 heterocycles. The highest BCUT2D eigenvalue weighted by Crippen LogP contribution is 2.01. The summed E-state index contributed by atoms with van der Waals surface area (Å²) in [6.07, 6.45) is 2.22. The van der Waals surface area contributed by atoms with Crippen molar-refractivity contribution < 1.29 is 13.6 Å². The van der Waals surface area contributed by atoms with Crippen molar-refractivity contribution >= 4 is 9.28 Å². The van der Waals surface area contributed by atoms with Crippen LogP contribution in [-0.4, -0.2) is 36.2 Å². The molecule has 0 spiro atoms. The maximum absolute atomic E-state index is 5.64. The largest absolute Gasteiger partial charge is 0.397 e. The Bertz CT molecular complexity index is 101. The smallest absolute Gasteiger partial charge is 0.321 e. The van der Waals surface area contributed by atoms with Gasteiger partial charge in [-0.1, -0.05) is 20.3 Å². The molecule has 0 saturated carbocycles. The van der Waals surface area contributed by atoms with Crippen LogP contribution in [0.15, 0.2) is 0 Å². The Morgan fingerprint density at radius 3 is 2.15 bits per heavy atom. The summed E-state index contributed by atoms with van der Waals surface area (Å²) >= 11 is 0. The van der Waals surface area contributed by atoms with E-state index in [1.54, 1.807) is 7.11 Å². The number of hydrogen-bond donors (Lipinski definition) is 0. The third kappa shape index (κ3) is 8.43. The van der Waals surface area contributed by atoms with Crippen molar-refractivity contribution in [2.75, 3.05) is 26.9 Å². The second-order valence-electron chi connectivity index (χ2n) is 2.95. The van der Waals surface area contributed by atoms with E-state index in [1.807, 2.05) is 0 Å². The fourth-order valence-corrected chi connectivity index (χ4v) is 2.72. The fourth-order valence-electron chi connectivity index (χ4n) is 0.963. The molecule has 0 aromatic heterocycles. The van der Waals surface area contributed by atoms with Crippen LogP contribution in [0.25, 0.3) is 0 Å². The van der Waals surface area contributed by atoms with Gasteiger partial charge < -0.3 is 13.6 Å². The molecule has 0 N–H and O–H groups in total. The van der Waals surface area contributed by atoms with E-state index in [0.717, 1.165) is 25.5 Å². The zero-order valence-corrected chi connectivity index (χ0v) is 10.2. The molecule has 0 aromatic rings. The van der Waals surface area contributed by atoms with Crippen molar-refractivity contribution in [3.8, 4) is 0 Å². The molecule has 3 nitrogen and oxygen atoms in total. The Hall–Kier alpha value is 0.0969. The molecule has 4 heteroatoms. The average molecular weight is 206 g/mol. The van der Waals surface area contributed by atoms with Gasteiger partial charge in [-0.15, -0.1) is 0 Å². The van der Waals surface area contributed by atoms with Crippen LogP contribution in [0.4, 0.5) is 0 Å². The van der Waals surface area contributed by atoms with E-state index in [9.17, 15) is 0 Å². The Balaban J connectivity index is 3.41. The highest BCUT2D eigenvalue weighted by atomic mass is 28.3. The van der Waals surface area contributed by atoms with Crippen LogP contribution in [0, 0.1) is 0 Å². The Morgan fingerprint density at radius 1 is 0.923 bits per heavy atom. The molecule has 0 aliphatic carbocycles. The van der Waals surface area contributed by atoms with E-state index in [4.69, 9.17) is 13.6 Å². The van der Waals surface area contributed by atoms with Crippen molar-refractivity contribution in [3.05, 3.63) is 0 Å². The maximum atomic E-state index is 5.64. The first-order valence-corrected chi connectivity index (χ1v) is 6.83. The van der Waals surface area contributed by atoms with Crippen LogP contribution in [-0.2, 0) is 13.6 Å². The molecule has 1 unspecified atom stereocenters. The molecule has 0 bridgehead atoms. The topological polar surface area (TPSA) is 27.7 Å². The summed E-state index contributed by atoms with van der Waals surface area (Å²) < 4.78 is 16.2. The zero-order valence-electron chi connectivity index (χ0n) is 9.04. The van der Waals surface area contributed by atoms with E-state index in [2.05, 4.69) is 13.8 Å². The third-order valence-electron chi connectivity index (χ3n) is 1.62. The first-order chi connectivity index (χ1) is 6.35. The fraction of sp³-hybridized carbons (Fsp3) is 1.00. The molecule has 0 amide bonds. The van der Waals surface area contributed by atoms with E-state index in [1.165, 1.54) is 0 Å². The summed E-state index contributed by atoms with van der Waals surface area (Å²) in [4.78, 5) is 0. The molecule has 0 aliphatic rings. The predicted octanol–water partition coefficient (Wildman–Crippen LogP) is 1.71. The van der Waals surface area contributed by atoms with Crippen LogP contribution in [0.1, 0.15) is 26.7 Å². The van der Waals surface area contributed by atoms with Crippen molar-refractivity contribution in [1.29, 1.82) is 0 Å². The van der Waals surface area contributed by atoms with Crippen molar-refractivity contribution in [2.45, 2.75) is 32.7 Å². The summed E-state index contributed by atoms with van der Waals surface area (Å²) in [7, 11) is 0.324. The summed E-state index contributed by atoms with van der Waals surface area (Å²) in [5.41, 5.74) is 0. The second kappa shape index (κ2) is 10.2. The quantitative estimate of drug-likeness (QED) is 0.424. The summed E-state index contributed by atoms with van der Waals surface area (Å²) in [5.74, 6) is 0. The standard InChI is InChI=1S/C9H22O3Si/c1-4-6-11-13(9-5-2)12-8-7-10-3/h13H,4-9H2,1-3H3. The maximum Gasteiger partial charge on any atom is 0.321 e. The Kier molecular flexibility index (Phi) is 10.3. The van der Waals surface area contributed by atoms with Crippen LogP contribution in [0.3, 0.4) is 0 Å². The summed E-state index contributed by atoms with van der Waals surface area (Å²) in [6, 6.07) is 1.10. The van der Waals surface area contributed by atoms with E-state index in [-0.39, 0.29) is 0 Å². The minimum atomic E-state index is -1.36. The lowest BCUT2D eigenvalue weighted by Crippen LogP contribution is -2.24. The average Bonchev–Trinajstić information content (AvgIpc) is 2.14. The van der Waals surface area contributed by atoms with Gasteiger partial charge in [0.25, 0.3) is 0 Å². The summed E-state index contributed by atoms with van der Waals surface area (Å²) in [6.45, 7) is 6.46. The first-order valence-electron chi connectivity index (χ1n) is 5.07.